The summed E-state index contributed by atoms with van der Waals surface area (Å²) in [6.45, 7) is 2.71. The maximum absolute atomic E-state index is 11.1. The van der Waals surface area contributed by atoms with Crippen molar-refractivity contribution in [3.63, 3.8) is 0 Å². The van der Waals surface area contributed by atoms with Gasteiger partial charge in [0.1, 0.15) is 6.10 Å². The normalized spacial score (nSPS) is 21.8. The van der Waals surface area contributed by atoms with E-state index in [1.165, 1.54) is 13.8 Å². The summed E-state index contributed by atoms with van der Waals surface area (Å²) in [5, 5.41) is 0. The molecule has 1 aromatic rings. The second kappa shape index (κ2) is 4.57. The number of hydrogen-bond acceptors (Lipinski definition) is 4. The molecule has 0 saturated heterocycles. The van der Waals surface area contributed by atoms with E-state index in [9.17, 15) is 9.59 Å². The van der Waals surface area contributed by atoms with Crippen LogP contribution in [-0.4, -0.2) is 18.0 Å². The molecule has 0 aromatic heterocycles. The lowest BCUT2D eigenvalue weighted by atomic mass is 10.1. The first-order chi connectivity index (χ1) is 8.08. The van der Waals surface area contributed by atoms with E-state index in [1.54, 1.807) is 0 Å². The van der Waals surface area contributed by atoms with Gasteiger partial charge in [0.15, 0.2) is 6.10 Å². The molecule has 1 aliphatic carbocycles. The summed E-state index contributed by atoms with van der Waals surface area (Å²) in [7, 11) is 0. The van der Waals surface area contributed by atoms with Crippen LogP contribution in [0.1, 0.15) is 31.1 Å². The lowest BCUT2D eigenvalue weighted by Gasteiger charge is -2.19. The molecule has 0 bridgehead atoms. The molecule has 0 radical (unpaired) electrons. The standard InChI is InChI=1S/C13H14O4/c1-8(14)16-12-7-10-5-3-4-6-11(10)13(12)17-9(2)15/h3-6,12-13H,7H2,1-2H3/t12-,13?/m1/s1. The molecule has 4 heteroatoms. The zero-order chi connectivity index (χ0) is 12.4. The van der Waals surface area contributed by atoms with Gasteiger partial charge in [-0.15, -0.1) is 0 Å². The number of benzene rings is 1. The van der Waals surface area contributed by atoms with E-state index in [0.717, 1.165) is 11.1 Å². The maximum Gasteiger partial charge on any atom is 0.303 e. The molecule has 2 rings (SSSR count). The Balaban J connectivity index is 2.26. The monoisotopic (exact) mass is 234 g/mol. The third-order valence-electron chi connectivity index (χ3n) is 2.73. The van der Waals surface area contributed by atoms with Crippen molar-refractivity contribution in [2.45, 2.75) is 32.5 Å². The molecular formula is C13H14O4. The number of hydrogen-bond donors (Lipinski definition) is 0. The molecule has 17 heavy (non-hydrogen) atoms. The summed E-state index contributed by atoms with van der Waals surface area (Å²) in [6, 6.07) is 7.65. The van der Waals surface area contributed by atoms with Crippen molar-refractivity contribution < 1.29 is 19.1 Å². The molecule has 1 aromatic carbocycles. The van der Waals surface area contributed by atoms with E-state index in [0.29, 0.717) is 6.42 Å². The Morgan fingerprint density at radius 1 is 1.12 bits per heavy atom. The van der Waals surface area contributed by atoms with Crippen molar-refractivity contribution in [2.24, 2.45) is 0 Å². The Morgan fingerprint density at radius 3 is 2.41 bits per heavy atom. The second-order valence-corrected chi connectivity index (χ2v) is 4.08. The van der Waals surface area contributed by atoms with Gasteiger partial charge in [-0.3, -0.25) is 9.59 Å². The van der Waals surface area contributed by atoms with Gasteiger partial charge < -0.3 is 9.47 Å². The number of ether oxygens (including phenoxy) is 2. The average Bonchev–Trinajstić information content (AvgIpc) is 2.55. The van der Waals surface area contributed by atoms with E-state index >= 15 is 0 Å². The molecule has 0 fully saturated rings. The van der Waals surface area contributed by atoms with E-state index in [2.05, 4.69) is 0 Å². The zero-order valence-corrected chi connectivity index (χ0v) is 9.80. The molecule has 1 unspecified atom stereocenters. The maximum atomic E-state index is 11.1. The largest absolute Gasteiger partial charge is 0.458 e. The molecule has 1 aliphatic rings. The highest BCUT2D eigenvalue weighted by Crippen LogP contribution is 2.36. The molecule has 0 heterocycles. The van der Waals surface area contributed by atoms with Crippen LogP contribution in [0.5, 0.6) is 0 Å². The Hall–Kier alpha value is -1.84. The lowest BCUT2D eigenvalue weighted by molar-refractivity contribution is -0.164. The minimum absolute atomic E-state index is 0.361. The number of fused-ring (bicyclic) bond motifs is 1. The van der Waals surface area contributed by atoms with Crippen LogP contribution in [0.2, 0.25) is 0 Å². The highest BCUT2D eigenvalue weighted by molar-refractivity contribution is 5.68. The van der Waals surface area contributed by atoms with Gasteiger partial charge in [-0.2, -0.15) is 0 Å². The summed E-state index contributed by atoms with van der Waals surface area (Å²) in [6.07, 6.45) is -0.297. The summed E-state index contributed by atoms with van der Waals surface area (Å²) in [5.74, 6) is -0.733. The Labute approximate surface area is 99.5 Å². The van der Waals surface area contributed by atoms with Gasteiger partial charge in [0.2, 0.25) is 0 Å². The van der Waals surface area contributed by atoms with Gasteiger partial charge in [-0.05, 0) is 11.1 Å². The second-order valence-electron chi connectivity index (χ2n) is 4.08. The van der Waals surface area contributed by atoms with Gasteiger partial charge >= 0.3 is 11.9 Å². The Morgan fingerprint density at radius 2 is 1.76 bits per heavy atom. The van der Waals surface area contributed by atoms with Crippen molar-refractivity contribution in [3.8, 4) is 0 Å². The Kier molecular flexibility index (Phi) is 3.13. The van der Waals surface area contributed by atoms with Gasteiger partial charge in [0, 0.05) is 20.3 Å². The van der Waals surface area contributed by atoms with Crippen molar-refractivity contribution in [1.29, 1.82) is 0 Å². The Bertz CT molecular complexity index is 452. The van der Waals surface area contributed by atoms with Crippen LogP contribution < -0.4 is 0 Å². The van der Waals surface area contributed by atoms with Crippen LogP contribution in [-0.2, 0) is 25.5 Å². The van der Waals surface area contributed by atoms with Gasteiger partial charge in [0.25, 0.3) is 0 Å². The quantitative estimate of drug-likeness (QED) is 0.732. The van der Waals surface area contributed by atoms with Gasteiger partial charge in [0.05, 0.1) is 0 Å². The van der Waals surface area contributed by atoms with Crippen LogP contribution in [0.25, 0.3) is 0 Å². The van der Waals surface area contributed by atoms with Crippen molar-refractivity contribution in [2.75, 3.05) is 0 Å². The van der Waals surface area contributed by atoms with E-state index in [-0.39, 0.29) is 11.9 Å². The van der Waals surface area contributed by atoms with E-state index < -0.39 is 12.2 Å². The highest BCUT2D eigenvalue weighted by atomic mass is 16.6. The molecule has 0 aliphatic heterocycles. The average molecular weight is 234 g/mol. The van der Waals surface area contributed by atoms with Crippen LogP contribution in [0.15, 0.2) is 24.3 Å². The van der Waals surface area contributed by atoms with Crippen LogP contribution >= 0.6 is 0 Å². The number of esters is 2. The fraction of sp³-hybridized carbons (Fsp3) is 0.385. The van der Waals surface area contributed by atoms with Crippen molar-refractivity contribution >= 4 is 11.9 Å². The number of carbonyl (C=O) groups excluding carboxylic acids is 2. The molecule has 90 valence electrons. The molecule has 0 saturated carbocycles. The van der Waals surface area contributed by atoms with Crippen molar-refractivity contribution in [1.82, 2.24) is 0 Å². The first-order valence-corrected chi connectivity index (χ1v) is 5.50. The first kappa shape index (κ1) is 11.6. The van der Waals surface area contributed by atoms with Crippen LogP contribution in [0, 0.1) is 0 Å². The van der Waals surface area contributed by atoms with Crippen LogP contribution in [0.4, 0.5) is 0 Å². The third-order valence-corrected chi connectivity index (χ3v) is 2.73. The molecule has 0 spiro atoms. The van der Waals surface area contributed by atoms with E-state index in [1.807, 2.05) is 24.3 Å². The smallest absolute Gasteiger partial charge is 0.303 e. The lowest BCUT2D eigenvalue weighted by Crippen LogP contribution is -2.24. The molecule has 0 amide bonds. The van der Waals surface area contributed by atoms with Crippen LogP contribution in [0.3, 0.4) is 0 Å². The third kappa shape index (κ3) is 2.46. The zero-order valence-electron chi connectivity index (χ0n) is 9.80. The molecular weight excluding hydrogens is 220 g/mol. The first-order valence-electron chi connectivity index (χ1n) is 5.50. The molecule has 0 N–H and O–H groups in total. The predicted octanol–water partition coefficient (Wildman–Crippen LogP) is 1.78. The topological polar surface area (TPSA) is 52.6 Å². The van der Waals surface area contributed by atoms with Crippen molar-refractivity contribution in [3.05, 3.63) is 35.4 Å². The number of rotatable bonds is 2. The summed E-state index contributed by atoms with van der Waals surface area (Å²) in [4.78, 5) is 22.1. The highest BCUT2D eigenvalue weighted by Gasteiger charge is 2.36. The molecule has 4 nitrogen and oxygen atoms in total. The number of carbonyl (C=O) groups is 2. The molecule has 2 atom stereocenters. The summed E-state index contributed by atoms with van der Waals surface area (Å²) < 4.78 is 10.4. The van der Waals surface area contributed by atoms with Gasteiger partial charge in [-0.1, -0.05) is 24.3 Å². The minimum Gasteiger partial charge on any atom is -0.458 e. The summed E-state index contributed by atoms with van der Waals surface area (Å²) in [5.41, 5.74) is 1.99. The predicted molar refractivity (Wildman–Crippen MR) is 60.2 cm³/mol. The minimum atomic E-state index is -0.479. The fourth-order valence-corrected chi connectivity index (χ4v) is 2.16. The fourth-order valence-electron chi connectivity index (χ4n) is 2.16. The van der Waals surface area contributed by atoms with E-state index in [4.69, 9.17) is 9.47 Å². The van der Waals surface area contributed by atoms with Gasteiger partial charge in [-0.25, -0.2) is 0 Å². The SMILES string of the molecule is CC(=O)OC1c2ccccc2C[C@H]1OC(C)=O. The summed E-state index contributed by atoms with van der Waals surface area (Å²) >= 11 is 0.